The lowest BCUT2D eigenvalue weighted by Gasteiger charge is -2.00. The summed E-state index contributed by atoms with van der Waals surface area (Å²) in [6.07, 6.45) is 1.94. The fourth-order valence-corrected chi connectivity index (χ4v) is 1.06. The lowest BCUT2D eigenvalue weighted by molar-refractivity contribution is -0.102. The van der Waals surface area contributed by atoms with Crippen LogP contribution in [0.4, 0.5) is 5.82 Å². The number of carbonyl (C=O) groups excluding carboxylic acids is 1. The van der Waals surface area contributed by atoms with E-state index in [0.717, 1.165) is 0 Å². The van der Waals surface area contributed by atoms with Gasteiger partial charge in [-0.1, -0.05) is 0 Å². The molecule has 1 heterocycles. The van der Waals surface area contributed by atoms with Gasteiger partial charge in [-0.05, 0) is 22.0 Å². The summed E-state index contributed by atoms with van der Waals surface area (Å²) < 4.78 is 0.693. The zero-order valence-electron chi connectivity index (χ0n) is 6.04. The molecule has 0 bridgehead atoms. The summed E-state index contributed by atoms with van der Waals surface area (Å²) in [5.41, 5.74) is 5.62. The standard InChI is InChI=1S/C7H6BrN3O/c8-4-1-5(6(9)3-12)7(10)11-2-4/h1-3,9H,(H2,10,11). The van der Waals surface area contributed by atoms with Gasteiger partial charge in [-0.3, -0.25) is 10.2 Å². The molecule has 1 aromatic rings. The topological polar surface area (TPSA) is 79.8 Å². The van der Waals surface area contributed by atoms with Gasteiger partial charge in [-0.25, -0.2) is 4.98 Å². The number of aromatic nitrogens is 1. The Morgan fingerprint density at radius 1 is 1.75 bits per heavy atom. The third-order valence-electron chi connectivity index (χ3n) is 1.29. The van der Waals surface area contributed by atoms with Gasteiger partial charge >= 0.3 is 0 Å². The highest BCUT2D eigenvalue weighted by Gasteiger charge is 2.05. The fraction of sp³-hybridized carbons (Fsp3) is 0. The number of nitrogens with one attached hydrogen (secondary N) is 1. The highest BCUT2D eigenvalue weighted by atomic mass is 79.9. The summed E-state index contributed by atoms with van der Waals surface area (Å²) in [5, 5.41) is 7.21. The van der Waals surface area contributed by atoms with Crippen molar-refractivity contribution in [3.05, 3.63) is 22.3 Å². The van der Waals surface area contributed by atoms with Gasteiger partial charge in [-0.15, -0.1) is 0 Å². The van der Waals surface area contributed by atoms with Gasteiger partial charge in [0.2, 0.25) is 0 Å². The molecule has 0 atom stereocenters. The number of hydrogen-bond acceptors (Lipinski definition) is 4. The van der Waals surface area contributed by atoms with Crippen molar-refractivity contribution >= 4 is 33.7 Å². The number of halogens is 1. The van der Waals surface area contributed by atoms with Crippen LogP contribution < -0.4 is 5.73 Å². The van der Waals surface area contributed by atoms with E-state index in [9.17, 15) is 4.79 Å². The molecule has 0 aliphatic rings. The van der Waals surface area contributed by atoms with Crippen LogP contribution in [-0.4, -0.2) is 17.0 Å². The molecule has 0 saturated carbocycles. The average Bonchev–Trinajstić information content (AvgIpc) is 2.08. The maximum absolute atomic E-state index is 10.2. The van der Waals surface area contributed by atoms with E-state index >= 15 is 0 Å². The van der Waals surface area contributed by atoms with Crippen LogP contribution in [0.5, 0.6) is 0 Å². The molecule has 0 spiro atoms. The van der Waals surface area contributed by atoms with Crippen molar-refractivity contribution in [3.8, 4) is 0 Å². The number of aldehydes is 1. The van der Waals surface area contributed by atoms with E-state index in [1.54, 1.807) is 6.07 Å². The molecular weight excluding hydrogens is 222 g/mol. The molecule has 3 N–H and O–H groups in total. The van der Waals surface area contributed by atoms with Gasteiger partial charge in [0.15, 0.2) is 6.29 Å². The smallest absolute Gasteiger partial charge is 0.168 e. The highest BCUT2D eigenvalue weighted by Crippen LogP contribution is 2.15. The molecular formula is C7H6BrN3O. The summed E-state index contributed by atoms with van der Waals surface area (Å²) in [6, 6.07) is 1.58. The second-order valence-corrected chi connectivity index (χ2v) is 3.03. The Labute approximate surface area is 77.4 Å². The molecule has 4 nitrogen and oxygen atoms in total. The van der Waals surface area contributed by atoms with Gasteiger partial charge < -0.3 is 5.73 Å². The number of nitrogen functional groups attached to an aromatic ring is 1. The summed E-state index contributed by atoms with van der Waals surface area (Å²) >= 11 is 3.16. The number of pyridine rings is 1. The van der Waals surface area contributed by atoms with E-state index in [-0.39, 0.29) is 11.5 Å². The van der Waals surface area contributed by atoms with E-state index in [4.69, 9.17) is 11.1 Å². The van der Waals surface area contributed by atoms with Crippen LogP contribution in [0.15, 0.2) is 16.7 Å². The van der Waals surface area contributed by atoms with Gasteiger partial charge in [-0.2, -0.15) is 0 Å². The first-order valence-electron chi connectivity index (χ1n) is 3.10. The second kappa shape index (κ2) is 3.44. The van der Waals surface area contributed by atoms with Crippen LogP contribution in [0.2, 0.25) is 0 Å². The summed E-state index contributed by atoms with van der Waals surface area (Å²) in [4.78, 5) is 14.0. The summed E-state index contributed by atoms with van der Waals surface area (Å²) in [6.45, 7) is 0. The number of nitrogens with zero attached hydrogens (tertiary/aromatic N) is 1. The van der Waals surface area contributed by atoms with Crippen molar-refractivity contribution < 1.29 is 4.79 Å². The minimum atomic E-state index is -0.165. The molecule has 62 valence electrons. The maximum atomic E-state index is 10.2. The van der Waals surface area contributed by atoms with Crippen molar-refractivity contribution in [2.75, 3.05) is 5.73 Å². The van der Waals surface area contributed by atoms with Crippen LogP contribution in [0.3, 0.4) is 0 Å². The molecule has 0 fully saturated rings. The number of nitrogens with two attached hydrogens (primary N) is 1. The molecule has 0 aromatic carbocycles. The Hall–Kier alpha value is -1.23. The van der Waals surface area contributed by atoms with Crippen LogP contribution in [-0.2, 0) is 4.79 Å². The normalized spacial score (nSPS) is 9.42. The Morgan fingerprint density at radius 3 is 3.00 bits per heavy atom. The third-order valence-corrected chi connectivity index (χ3v) is 1.73. The molecule has 0 saturated heterocycles. The first kappa shape index (κ1) is 8.86. The zero-order valence-corrected chi connectivity index (χ0v) is 7.63. The van der Waals surface area contributed by atoms with E-state index in [0.29, 0.717) is 16.3 Å². The number of anilines is 1. The molecule has 1 aromatic heterocycles. The molecule has 0 aliphatic heterocycles. The summed E-state index contributed by atoms with van der Waals surface area (Å²) in [7, 11) is 0. The largest absolute Gasteiger partial charge is 0.383 e. The zero-order chi connectivity index (χ0) is 9.14. The monoisotopic (exact) mass is 227 g/mol. The Bertz CT molecular complexity index is 337. The van der Waals surface area contributed by atoms with Gasteiger partial charge in [0.25, 0.3) is 0 Å². The Balaban J connectivity index is 3.22. The predicted molar refractivity (Wildman–Crippen MR) is 49.2 cm³/mol. The molecule has 0 radical (unpaired) electrons. The number of carbonyl (C=O) groups is 1. The van der Waals surface area contributed by atoms with Crippen LogP contribution >= 0.6 is 15.9 Å². The van der Waals surface area contributed by atoms with Crippen LogP contribution in [0.25, 0.3) is 0 Å². The van der Waals surface area contributed by atoms with Crippen molar-refractivity contribution in [3.63, 3.8) is 0 Å². The lowest BCUT2D eigenvalue weighted by atomic mass is 10.2. The first-order chi connectivity index (χ1) is 5.65. The van der Waals surface area contributed by atoms with Gasteiger partial charge in [0.1, 0.15) is 11.5 Å². The third kappa shape index (κ3) is 1.68. The quantitative estimate of drug-likeness (QED) is 0.585. The van der Waals surface area contributed by atoms with Crippen molar-refractivity contribution in [1.29, 1.82) is 5.41 Å². The lowest BCUT2D eigenvalue weighted by Crippen LogP contribution is -2.06. The highest BCUT2D eigenvalue weighted by molar-refractivity contribution is 9.10. The Kier molecular flexibility index (Phi) is 2.54. The molecule has 1 rings (SSSR count). The minimum absolute atomic E-state index is 0.165. The molecule has 12 heavy (non-hydrogen) atoms. The minimum Gasteiger partial charge on any atom is -0.383 e. The van der Waals surface area contributed by atoms with Crippen molar-refractivity contribution in [1.82, 2.24) is 4.98 Å². The van der Waals surface area contributed by atoms with Crippen LogP contribution in [0.1, 0.15) is 5.56 Å². The molecule has 0 amide bonds. The predicted octanol–water partition coefficient (Wildman–Crippen LogP) is 0.993. The molecule has 0 unspecified atom stereocenters. The van der Waals surface area contributed by atoms with E-state index < -0.39 is 0 Å². The van der Waals surface area contributed by atoms with Crippen molar-refractivity contribution in [2.24, 2.45) is 0 Å². The van der Waals surface area contributed by atoms with Crippen molar-refractivity contribution in [2.45, 2.75) is 0 Å². The van der Waals surface area contributed by atoms with E-state index in [2.05, 4.69) is 20.9 Å². The SMILES string of the molecule is N=C(C=O)c1cc(Br)cnc1N. The van der Waals surface area contributed by atoms with E-state index in [1.807, 2.05) is 0 Å². The molecule has 5 heteroatoms. The van der Waals surface area contributed by atoms with Gasteiger partial charge in [0, 0.05) is 16.2 Å². The number of hydrogen-bond donors (Lipinski definition) is 2. The summed E-state index contributed by atoms with van der Waals surface area (Å²) in [5.74, 6) is 0.190. The fourth-order valence-electron chi connectivity index (χ4n) is 0.729. The molecule has 0 aliphatic carbocycles. The Morgan fingerprint density at radius 2 is 2.42 bits per heavy atom. The first-order valence-corrected chi connectivity index (χ1v) is 3.89. The van der Waals surface area contributed by atoms with Gasteiger partial charge in [0.05, 0.1) is 0 Å². The maximum Gasteiger partial charge on any atom is 0.168 e. The second-order valence-electron chi connectivity index (χ2n) is 2.12. The van der Waals surface area contributed by atoms with Crippen LogP contribution in [0, 0.1) is 5.41 Å². The van der Waals surface area contributed by atoms with E-state index in [1.165, 1.54) is 6.20 Å². The number of rotatable bonds is 2. The average molecular weight is 228 g/mol.